The molecule has 44 heavy (non-hydrogen) atoms. The van der Waals surface area contributed by atoms with Crippen LogP contribution in [0.15, 0.2) is 115 Å². The van der Waals surface area contributed by atoms with E-state index in [1.807, 2.05) is 108 Å². The molecule has 1 unspecified atom stereocenters. The zero-order valence-corrected chi connectivity index (χ0v) is 27.9. The molecule has 0 fully saturated rings. The van der Waals surface area contributed by atoms with Gasteiger partial charge in [0.2, 0.25) is 18.2 Å². The number of hydrogen-bond acceptors (Lipinski definition) is 4. The second-order valence-corrected chi connectivity index (χ2v) is 15.5. The molecule has 5 aromatic rings. The van der Waals surface area contributed by atoms with Gasteiger partial charge in [-0.15, -0.1) is 0 Å². The highest BCUT2D eigenvalue weighted by Gasteiger charge is 2.37. The van der Waals surface area contributed by atoms with Crippen LogP contribution < -0.4 is 15.9 Å². The molecule has 0 heterocycles. The van der Waals surface area contributed by atoms with Gasteiger partial charge in [-0.1, -0.05) is 126 Å². The quantitative estimate of drug-likeness (QED) is 0.171. The fourth-order valence-corrected chi connectivity index (χ4v) is 9.70. The van der Waals surface area contributed by atoms with Crippen molar-refractivity contribution in [2.75, 3.05) is 0 Å². The van der Waals surface area contributed by atoms with Crippen molar-refractivity contribution < 1.29 is 18.7 Å². The van der Waals surface area contributed by atoms with Gasteiger partial charge >= 0.3 is 0 Å². The third-order valence-electron chi connectivity index (χ3n) is 7.56. The van der Waals surface area contributed by atoms with Crippen molar-refractivity contribution in [1.82, 2.24) is 0 Å². The number of hydrogen-bond donors (Lipinski definition) is 0. The zero-order chi connectivity index (χ0) is 32.0. The minimum Gasteiger partial charge on any atom is -0.313 e. The molecule has 0 bridgehead atoms. The van der Waals surface area contributed by atoms with Crippen LogP contribution in [-0.4, -0.2) is 11.0 Å². The maximum absolute atomic E-state index is 14.2. The molecular formula is C38H38O4P2. The Balaban J connectivity index is 0.000000209. The van der Waals surface area contributed by atoms with Gasteiger partial charge in [0.15, 0.2) is 7.80 Å². The normalized spacial score (nSPS) is 11.7. The molecule has 4 nitrogen and oxygen atoms in total. The van der Waals surface area contributed by atoms with Gasteiger partial charge < -0.3 is 9.13 Å². The van der Waals surface area contributed by atoms with Crippen LogP contribution >= 0.6 is 14.9 Å². The van der Waals surface area contributed by atoms with Crippen LogP contribution in [0.2, 0.25) is 0 Å². The van der Waals surface area contributed by atoms with Gasteiger partial charge in [-0.05, 0) is 63.8 Å². The fourth-order valence-electron chi connectivity index (χ4n) is 5.71. The summed E-state index contributed by atoms with van der Waals surface area (Å²) < 4.78 is 26.5. The maximum atomic E-state index is 14.2. The lowest BCUT2D eigenvalue weighted by atomic mass is 10.0. The van der Waals surface area contributed by atoms with Crippen LogP contribution in [0.1, 0.15) is 54.1 Å². The first-order valence-electron chi connectivity index (χ1n) is 14.5. The molecule has 0 aromatic heterocycles. The Hall–Kier alpha value is -4.10. The molecule has 0 saturated heterocycles. The Morgan fingerprint density at radius 1 is 0.523 bits per heavy atom. The minimum atomic E-state index is -3.44. The lowest BCUT2D eigenvalue weighted by Gasteiger charge is -2.20. The molecule has 0 spiro atoms. The van der Waals surface area contributed by atoms with Crippen LogP contribution in [0.5, 0.6) is 0 Å². The Labute approximate surface area is 261 Å². The Kier molecular flexibility index (Phi) is 10.5. The standard InChI is InChI=1S/C22H21O2P.C16H17O2P/c1-16-14-17(2)21(18(3)15-16)22(23)25(24,19-10-6-4-7-11-19)20-12-8-5-9-13-20;1-11-9-12(2)15(13(3)10-11)16(17)19(18)14-7-5-4-6-8-14/h4-15H,1-3H3;4-10,19H,1-3H3. The van der Waals surface area contributed by atoms with Crippen LogP contribution in [0.25, 0.3) is 0 Å². The van der Waals surface area contributed by atoms with Crippen molar-refractivity contribution in [3.05, 3.63) is 160 Å². The number of aryl methyl sites for hydroxylation is 6. The average molecular weight is 621 g/mol. The van der Waals surface area contributed by atoms with E-state index >= 15 is 0 Å². The van der Waals surface area contributed by atoms with E-state index < -0.39 is 14.9 Å². The van der Waals surface area contributed by atoms with Crippen molar-refractivity contribution >= 4 is 41.9 Å². The summed E-state index contributed by atoms with van der Waals surface area (Å²) in [5.41, 5.74) is 6.40. The Bertz CT molecular complexity index is 1790. The first kappa shape index (κ1) is 32.8. The van der Waals surface area contributed by atoms with Gasteiger partial charge in [-0.25, -0.2) is 0 Å². The number of carbonyl (C=O) groups excluding carboxylic acids is 2. The lowest BCUT2D eigenvalue weighted by Crippen LogP contribution is -2.23. The monoisotopic (exact) mass is 620 g/mol. The summed E-state index contributed by atoms with van der Waals surface area (Å²) in [7, 11) is -5.89. The van der Waals surface area contributed by atoms with E-state index in [4.69, 9.17) is 0 Å². The first-order valence-corrected chi connectivity index (χ1v) is 17.6. The van der Waals surface area contributed by atoms with E-state index in [0.717, 1.165) is 33.4 Å². The molecule has 0 N–H and O–H groups in total. The van der Waals surface area contributed by atoms with Crippen LogP contribution in [-0.2, 0) is 9.13 Å². The van der Waals surface area contributed by atoms with Gasteiger partial charge in [0, 0.05) is 27.0 Å². The smallest absolute Gasteiger partial charge is 0.230 e. The largest absolute Gasteiger partial charge is 0.313 e. The molecule has 0 amide bonds. The number of carbonyl (C=O) groups is 2. The van der Waals surface area contributed by atoms with Crippen molar-refractivity contribution in [3.63, 3.8) is 0 Å². The van der Waals surface area contributed by atoms with Gasteiger partial charge in [0.25, 0.3) is 0 Å². The van der Waals surface area contributed by atoms with E-state index in [1.165, 1.54) is 0 Å². The van der Waals surface area contributed by atoms with E-state index in [2.05, 4.69) is 0 Å². The fraction of sp³-hybridized carbons (Fsp3) is 0.158. The van der Waals surface area contributed by atoms with E-state index in [-0.39, 0.29) is 11.0 Å². The average Bonchev–Trinajstić information content (AvgIpc) is 3.00. The van der Waals surface area contributed by atoms with E-state index in [0.29, 0.717) is 27.0 Å². The third-order valence-corrected chi connectivity index (χ3v) is 11.9. The molecule has 0 aliphatic rings. The molecule has 0 aliphatic carbocycles. The summed E-state index contributed by atoms with van der Waals surface area (Å²) in [5.74, 6) is 0. The Morgan fingerprint density at radius 2 is 0.864 bits per heavy atom. The van der Waals surface area contributed by atoms with Crippen molar-refractivity contribution in [2.24, 2.45) is 0 Å². The second-order valence-electron chi connectivity index (χ2n) is 11.2. The van der Waals surface area contributed by atoms with Gasteiger partial charge in [0.1, 0.15) is 0 Å². The van der Waals surface area contributed by atoms with Gasteiger partial charge in [0.05, 0.1) is 0 Å². The summed E-state index contributed by atoms with van der Waals surface area (Å²) in [6, 6.07) is 35.0. The molecule has 5 rings (SSSR count). The summed E-state index contributed by atoms with van der Waals surface area (Å²) in [5, 5.41) is 1.77. The SMILES string of the molecule is Cc1cc(C)c(C(=O)P(=O)(c2ccccc2)c2ccccc2)c(C)c1.Cc1cc(C)c(C(=O)[PH](=O)c2ccccc2)c(C)c1. The van der Waals surface area contributed by atoms with Gasteiger partial charge in [-0.2, -0.15) is 0 Å². The zero-order valence-electron chi connectivity index (χ0n) is 26.0. The lowest BCUT2D eigenvalue weighted by molar-refractivity contribution is 0.107. The molecular weight excluding hydrogens is 582 g/mol. The highest BCUT2D eigenvalue weighted by atomic mass is 31.2. The third kappa shape index (κ3) is 6.99. The molecule has 6 heteroatoms. The van der Waals surface area contributed by atoms with Crippen molar-refractivity contribution in [3.8, 4) is 0 Å². The molecule has 1 atom stereocenters. The molecule has 0 radical (unpaired) electrons. The highest BCUT2D eigenvalue weighted by molar-refractivity contribution is 7.93. The predicted molar refractivity (Wildman–Crippen MR) is 185 cm³/mol. The summed E-state index contributed by atoms with van der Waals surface area (Å²) in [6.45, 7) is 11.6. The number of rotatable bonds is 7. The van der Waals surface area contributed by atoms with Crippen LogP contribution in [0.4, 0.5) is 0 Å². The van der Waals surface area contributed by atoms with Crippen molar-refractivity contribution in [2.45, 2.75) is 41.5 Å². The van der Waals surface area contributed by atoms with E-state index in [1.54, 1.807) is 48.5 Å². The minimum absolute atomic E-state index is 0.244. The van der Waals surface area contributed by atoms with Crippen molar-refractivity contribution in [1.29, 1.82) is 0 Å². The predicted octanol–water partition coefficient (Wildman–Crippen LogP) is 8.40. The topological polar surface area (TPSA) is 68.3 Å². The Morgan fingerprint density at radius 3 is 1.25 bits per heavy atom. The first-order chi connectivity index (χ1) is 20.9. The van der Waals surface area contributed by atoms with Crippen LogP contribution in [0, 0.1) is 41.5 Å². The highest BCUT2D eigenvalue weighted by Crippen LogP contribution is 2.48. The molecule has 5 aromatic carbocycles. The summed E-state index contributed by atoms with van der Waals surface area (Å²) in [4.78, 5) is 26.0. The van der Waals surface area contributed by atoms with E-state index in [9.17, 15) is 18.7 Å². The molecule has 0 aliphatic heterocycles. The van der Waals surface area contributed by atoms with Gasteiger partial charge in [-0.3, -0.25) is 9.59 Å². The maximum Gasteiger partial charge on any atom is 0.230 e. The molecule has 0 saturated carbocycles. The second kappa shape index (κ2) is 14.1. The van der Waals surface area contributed by atoms with Crippen LogP contribution in [0.3, 0.4) is 0 Å². The number of benzene rings is 5. The summed E-state index contributed by atoms with van der Waals surface area (Å²) >= 11 is 0. The summed E-state index contributed by atoms with van der Waals surface area (Å²) in [6.07, 6.45) is 0. The molecule has 224 valence electrons.